The highest BCUT2D eigenvalue weighted by Gasteiger charge is 2.33. The normalized spacial score (nSPS) is 20.3. The maximum absolute atomic E-state index is 10.3. The summed E-state index contributed by atoms with van der Waals surface area (Å²) in [6.45, 7) is 7.66. The van der Waals surface area contributed by atoms with Crippen LogP contribution in [-0.4, -0.2) is 9.67 Å². The Bertz CT molecular complexity index is 639. The van der Waals surface area contributed by atoms with Gasteiger partial charge in [0, 0.05) is 24.0 Å². The maximum Gasteiger partial charge on any atom is 0.0812 e. The van der Waals surface area contributed by atoms with Crippen molar-refractivity contribution in [1.82, 2.24) is 4.57 Å². The van der Waals surface area contributed by atoms with Crippen LogP contribution in [0.15, 0.2) is 36.5 Å². The number of aliphatic hydroxyl groups is 1. The SMILES string of the molecule is Cc1ccccc1CCn1ccc2c1CC(C)(C)CC2O. The predicted molar refractivity (Wildman–Crippen MR) is 86.4 cm³/mol. The van der Waals surface area contributed by atoms with Crippen molar-refractivity contribution in [3.8, 4) is 0 Å². The summed E-state index contributed by atoms with van der Waals surface area (Å²) in [5.74, 6) is 0. The molecule has 112 valence electrons. The fraction of sp³-hybridized carbons (Fsp3) is 0.474. The van der Waals surface area contributed by atoms with E-state index in [9.17, 15) is 5.11 Å². The van der Waals surface area contributed by atoms with Crippen LogP contribution in [0.1, 0.15) is 48.8 Å². The molecule has 1 aromatic heterocycles. The number of nitrogens with zero attached hydrogens (tertiary/aromatic N) is 1. The largest absolute Gasteiger partial charge is 0.388 e. The van der Waals surface area contributed by atoms with Crippen molar-refractivity contribution in [1.29, 1.82) is 0 Å². The Hall–Kier alpha value is -1.54. The molecule has 1 aromatic carbocycles. The van der Waals surface area contributed by atoms with Gasteiger partial charge in [-0.2, -0.15) is 0 Å². The lowest BCUT2D eigenvalue weighted by Crippen LogP contribution is -2.27. The van der Waals surface area contributed by atoms with Gasteiger partial charge < -0.3 is 9.67 Å². The van der Waals surface area contributed by atoms with Crippen molar-refractivity contribution in [3.63, 3.8) is 0 Å². The smallest absolute Gasteiger partial charge is 0.0812 e. The summed E-state index contributed by atoms with van der Waals surface area (Å²) in [5.41, 5.74) is 5.42. The molecule has 1 heterocycles. The number of aromatic nitrogens is 1. The topological polar surface area (TPSA) is 25.2 Å². The first-order valence-corrected chi connectivity index (χ1v) is 7.87. The first-order valence-electron chi connectivity index (χ1n) is 7.87. The van der Waals surface area contributed by atoms with E-state index in [0.29, 0.717) is 0 Å². The van der Waals surface area contributed by atoms with Crippen molar-refractivity contribution >= 4 is 0 Å². The number of hydrogen-bond acceptors (Lipinski definition) is 1. The summed E-state index contributed by atoms with van der Waals surface area (Å²) in [4.78, 5) is 0. The molecular formula is C19H25NO. The number of hydrogen-bond donors (Lipinski definition) is 1. The molecule has 2 aromatic rings. The third-order valence-corrected chi connectivity index (χ3v) is 4.75. The molecule has 0 aliphatic heterocycles. The number of aryl methyl sites for hydroxylation is 3. The van der Waals surface area contributed by atoms with Crippen LogP contribution < -0.4 is 0 Å². The number of aliphatic hydroxyl groups excluding tert-OH is 1. The minimum absolute atomic E-state index is 0.186. The van der Waals surface area contributed by atoms with Gasteiger partial charge in [-0.15, -0.1) is 0 Å². The van der Waals surface area contributed by atoms with Gasteiger partial charge in [-0.25, -0.2) is 0 Å². The zero-order chi connectivity index (χ0) is 15.0. The summed E-state index contributed by atoms with van der Waals surface area (Å²) >= 11 is 0. The number of rotatable bonds is 3. The molecule has 1 atom stereocenters. The first-order chi connectivity index (χ1) is 9.96. The summed E-state index contributed by atoms with van der Waals surface area (Å²) in [5, 5.41) is 10.3. The molecule has 0 saturated heterocycles. The molecule has 0 saturated carbocycles. The predicted octanol–water partition coefficient (Wildman–Crippen LogP) is 4.05. The van der Waals surface area contributed by atoms with E-state index >= 15 is 0 Å². The Balaban J connectivity index is 1.81. The van der Waals surface area contributed by atoms with E-state index in [2.05, 4.69) is 61.9 Å². The molecule has 0 fully saturated rings. The van der Waals surface area contributed by atoms with Gasteiger partial charge in [0.1, 0.15) is 0 Å². The van der Waals surface area contributed by atoms with Crippen molar-refractivity contribution in [2.24, 2.45) is 5.41 Å². The van der Waals surface area contributed by atoms with Crippen LogP contribution in [0, 0.1) is 12.3 Å². The molecule has 21 heavy (non-hydrogen) atoms. The van der Waals surface area contributed by atoms with Gasteiger partial charge >= 0.3 is 0 Å². The van der Waals surface area contributed by atoms with Gasteiger partial charge in [-0.1, -0.05) is 38.1 Å². The zero-order valence-corrected chi connectivity index (χ0v) is 13.3. The average molecular weight is 283 g/mol. The highest BCUT2D eigenvalue weighted by Crippen LogP contribution is 2.41. The van der Waals surface area contributed by atoms with Crippen LogP contribution in [-0.2, 0) is 19.4 Å². The van der Waals surface area contributed by atoms with Gasteiger partial charge in [-0.05, 0) is 48.8 Å². The summed E-state index contributed by atoms with van der Waals surface area (Å²) in [6, 6.07) is 10.7. The number of fused-ring (bicyclic) bond motifs is 1. The molecule has 0 radical (unpaired) electrons. The highest BCUT2D eigenvalue weighted by atomic mass is 16.3. The molecule has 0 spiro atoms. The molecule has 1 aliphatic carbocycles. The second kappa shape index (κ2) is 5.34. The van der Waals surface area contributed by atoms with Crippen molar-refractivity contribution in [2.75, 3.05) is 0 Å². The second-order valence-corrected chi connectivity index (χ2v) is 7.15. The molecule has 0 bridgehead atoms. The van der Waals surface area contributed by atoms with E-state index in [-0.39, 0.29) is 11.5 Å². The van der Waals surface area contributed by atoms with Crippen LogP contribution in [0.5, 0.6) is 0 Å². The molecule has 0 amide bonds. The van der Waals surface area contributed by atoms with Gasteiger partial charge in [-0.3, -0.25) is 0 Å². The summed E-state index contributed by atoms with van der Waals surface area (Å²) in [7, 11) is 0. The van der Waals surface area contributed by atoms with E-state index in [1.165, 1.54) is 16.8 Å². The monoisotopic (exact) mass is 283 g/mol. The lowest BCUT2D eigenvalue weighted by Gasteiger charge is -2.34. The maximum atomic E-state index is 10.3. The van der Waals surface area contributed by atoms with Crippen LogP contribution in [0.2, 0.25) is 0 Å². The van der Waals surface area contributed by atoms with Gasteiger partial charge in [0.05, 0.1) is 6.10 Å². The van der Waals surface area contributed by atoms with Crippen LogP contribution in [0.3, 0.4) is 0 Å². The summed E-state index contributed by atoms with van der Waals surface area (Å²) in [6.07, 6.45) is 4.81. The van der Waals surface area contributed by atoms with E-state index in [4.69, 9.17) is 0 Å². The molecule has 1 N–H and O–H groups in total. The fourth-order valence-electron chi connectivity index (χ4n) is 3.53. The standard InChI is InChI=1S/C19H25NO/c1-14-6-4-5-7-15(14)8-10-20-11-9-16-17(20)12-19(2,3)13-18(16)21/h4-7,9,11,18,21H,8,10,12-13H2,1-3H3. The molecule has 1 unspecified atom stereocenters. The minimum Gasteiger partial charge on any atom is -0.388 e. The van der Waals surface area contributed by atoms with E-state index in [1.807, 2.05) is 0 Å². The Kier molecular flexibility index (Phi) is 3.66. The second-order valence-electron chi connectivity index (χ2n) is 7.15. The van der Waals surface area contributed by atoms with Crippen LogP contribution in [0.4, 0.5) is 0 Å². The van der Waals surface area contributed by atoms with Gasteiger partial charge in [0.15, 0.2) is 0 Å². The molecular weight excluding hydrogens is 258 g/mol. The minimum atomic E-state index is -0.302. The van der Waals surface area contributed by atoms with Crippen LogP contribution >= 0.6 is 0 Å². The molecule has 3 rings (SSSR count). The van der Waals surface area contributed by atoms with E-state index in [0.717, 1.165) is 31.4 Å². The first kappa shape index (κ1) is 14.4. The zero-order valence-electron chi connectivity index (χ0n) is 13.3. The Morgan fingerprint density at radius 3 is 2.76 bits per heavy atom. The van der Waals surface area contributed by atoms with Crippen LogP contribution in [0.25, 0.3) is 0 Å². The molecule has 2 nitrogen and oxygen atoms in total. The van der Waals surface area contributed by atoms with E-state index < -0.39 is 0 Å². The average Bonchev–Trinajstić information content (AvgIpc) is 2.79. The quantitative estimate of drug-likeness (QED) is 0.903. The van der Waals surface area contributed by atoms with Crippen molar-refractivity contribution in [3.05, 3.63) is 58.9 Å². The third kappa shape index (κ3) is 2.91. The van der Waals surface area contributed by atoms with Gasteiger partial charge in [0.2, 0.25) is 0 Å². The Morgan fingerprint density at radius 2 is 2.00 bits per heavy atom. The summed E-state index contributed by atoms with van der Waals surface area (Å²) < 4.78 is 2.34. The highest BCUT2D eigenvalue weighted by molar-refractivity contribution is 5.30. The van der Waals surface area contributed by atoms with Crippen molar-refractivity contribution < 1.29 is 5.11 Å². The molecule has 2 heteroatoms. The lowest BCUT2D eigenvalue weighted by molar-refractivity contribution is 0.0979. The lowest BCUT2D eigenvalue weighted by atomic mass is 9.75. The Labute approximate surface area is 127 Å². The van der Waals surface area contributed by atoms with Gasteiger partial charge in [0.25, 0.3) is 0 Å². The Morgan fingerprint density at radius 1 is 1.24 bits per heavy atom. The number of benzene rings is 1. The third-order valence-electron chi connectivity index (χ3n) is 4.75. The molecule has 1 aliphatic rings. The van der Waals surface area contributed by atoms with E-state index in [1.54, 1.807) is 0 Å². The fourth-order valence-corrected chi connectivity index (χ4v) is 3.53. The van der Waals surface area contributed by atoms with Crippen molar-refractivity contribution in [2.45, 2.75) is 52.7 Å².